The molecule has 2 heterocycles. The van der Waals surface area contributed by atoms with Crippen molar-refractivity contribution >= 4 is 45.9 Å². The summed E-state index contributed by atoms with van der Waals surface area (Å²) in [6, 6.07) is 24.5. The number of anilines is 1. The maximum Gasteiger partial charge on any atom is 0.237 e. The SMILES string of the molecule is O=C(CSc1cn(Cc2ccccc2Cl)c2ccccc12)N1CCc2ccccc21. The number of benzene rings is 3. The second-order valence-electron chi connectivity index (χ2n) is 7.44. The lowest BCUT2D eigenvalue weighted by atomic mass is 10.2. The Hall–Kier alpha value is -2.69. The molecule has 0 spiro atoms. The summed E-state index contributed by atoms with van der Waals surface area (Å²) in [5, 5.41) is 1.94. The molecule has 1 aromatic heterocycles. The summed E-state index contributed by atoms with van der Waals surface area (Å²) in [6.45, 7) is 1.47. The monoisotopic (exact) mass is 432 g/mol. The number of para-hydroxylation sites is 2. The molecule has 0 saturated carbocycles. The Bertz CT molecular complexity index is 1230. The zero-order chi connectivity index (χ0) is 20.5. The number of halogens is 1. The normalized spacial score (nSPS) is 13.0. The molecule has 0 atom stereocenters. The van der Waals surface area contributed by atoms with Crippen molar-refractivity contribution in [3.8, 4) is 0 Å². The zero-order valence-electron chi connectivity index (χ0n) is 16.4. The third kappa shape index (κ3) is 3.62. The molecule has 0 saturated heterocycles. The van der Waals surface area contributed by atoms with E-state index in [2.05, 4.69) is 35.0 Å². The van der Waals surface area contributed by atoms with Gasteiger partial charge in [0.2, 0.25) is 5.91 Å². The van der Waals surface area contributed by atoms with E-state index in [-0.39, 0.29) is 5.91 Å². The van der Waals surface area contributed by atoms with Crippen molar-refractivity contribution in [3.05, 3.63) is 95.1 Å². The van der Waals surface area contributed by atoms with E-state index in [1.54, 1.807) is 11.8 Å². The quantitative estimate of drug-likeness (QED) is 0.360. The molecular weight excluding hydrogens is 412 g/mol. The van der Waals surface area contributed by atoms with Crippen LogP contribution >= 0.6 is 23.4 Å². The van der Waals surface area contributed by atoms with Crippen LogP contribution in [0.15, 0.2) is 83.9 Å². The number of aromatic nitrogens is 1. The minimum absolute atomic E-state index is 0.160. The minimum atomic E-state index is 0.160. The molecule has 3 aromatic carbocycles. The van der Waals surface area contributed by atoms with Gasteiger partial charge in [0.25, 0.3) is 0 Å². The number of thioether (sulfide) groups is 1. The summed E-state index contributed by atoms with van der Waals surface area (Å²) in [7, 11) is 0. The number of carbonyl (C=O) groups is 1. The van der Waals surface area contributed by atoms with Crippen LogP contribution in [0.4, 0.5) is 5.69 Å². The summed E-state index contributed by atoms with van der Waals surface area (Å²) < 4.78 is 2.22. The third-order valence-electron chi connectivity index (χ3n) is 5.59. The molecule has 3 nitrogen and oxygen atoms in total. The Balaban J connectivity index is 1.38. The van der Waals surface area contributed by atoms with Crippen LogP contribution < -0.4 is 4.90 Å². The molecule has 4 aromatic rings. The molecule has 0 bridgehead atoms. The molecule has 30 heavy (non-hydrogen) atoms. The Morgan fingerprint density at radius 1 is 0.967 bits per heavy atom. The Morgan fingerprint density at radius 2 is 1.73 bits per heavy atom. The predicted octanol–water partition coefficient (Wildman–Crippen LogP) is 6.02. The molecule has 0 aliphatic carbocycles. The van der Waals surface area contributed by atoms with Crippen molar-refractivity contribution in [2.75, 3.05) is 17.2 Å². The van der Waals surface area contributed by atoms with Crippen molar-refractivity contribution in [3.63, 3.8) is 0 Å². The number of carbonyl (C=O) groups excluding carboxylic acids is 1. The zero-order valence-corrected chi connectivity index (χ0v) is 18.0. The lowest BCUT2D eigenvalue weighted by Crippen LogP contribution is -2.30. The van der Waals surface area contributed by atoms with Crippen molar-refractivity contribution < 1.29 is 4.79 Å². The molecule has 5 heteroatoms. The molecule has 5 rings (SSSR count). The minimum Gasteiger partial charge on any atom is -0.342 e. The summed E-state index contributed by atoms with van der Waals surface area (Å²) in [6.07, 6.45) is 3.08. The van der Waals surface area contributed by atoms with Crippen molar-refractivity contribution in [1.29, 1.82) is 0 Å². The first-order valence-electron chi connectivity index (χ1n) is 10.0. The van der Waals surface area contributed by atoms with Gasteiger partial charge in [-0.05, 0) is 35.7 Å². The van der Waals surface area contributed by atoms with Crippen LogP contribution in [-0.4, -0.2) is 22.8 Å². The second-order valence-corrected chi connectivity index (χ2v) is 8.87. The largest absolute Gasteiger partial charge is 0.342 e. The van der Waals surface area contributed by atoms with Gasteiger partial charge in [-0.1, -0.05) is 66.2 Å². The highest BCUT2D eigenvalue weighted by atomic mass is 35.5. The van der Waals surface area contributed by atoms with Gasteiger partial charge in [-0.2, -0.15) is 0 Å². The van der Waals surface area contributed by atoms with Gasteiger partial charge >= 0.3 is 0 Å². The molecular formula is C25H21ClN2OS. The predicted molar refractivity (Wildman–Crippen MR) is 126 cm³/mol. The number of rotatable bonds is 5. The number of amides is 1. The Labute approximate surface area is 185 Å². The molecule has 150 valence electrons. The van der Waals surface area contributed by atoms with Crippen molar-refractivity contribution in [1.82, 2.24) is 4.57 Å². The number of fused-ring (bicyclic) bond motifs is 2. The smallest absolute Gasteiger partial charge is 0.237 e. The summed E-state index contributed by atoms with van der Waals surface area (Å²) in [5.74, 6) is 0.585. The molecule has 0 radical (unpaired) electrons. The Kier molecular flexibility index (Phi) is 5.28. The topological polar surface area (TPSA) is 25.2 Å². The van der Waals surface area contributed by atoms with Crippen LogP contribution in [0.5, 0.6) is 0 Å². The van der Waals surface area contributed by atoms with E-state index in [1.165, 1.54) is 10.9 Å². The fraction of sp³-hybridized carbons (Fsp3) is 0.160. The van der Waals surface area contributed by atoms with Gasteiger partial charge in [0, 0.05) is 45.8 Å². The van der Waals surface area contributed by atoms with E-state index in [4.69, 9.17) is 11.6 Å². The molecule has 1 aliphatic heterocycles. The van der Waals surface area contributed by atoms with Gasteiger partial charge in [0.05, 0.1) is 5.75 Å². The lowest BCUT2D eigenvalue weighted by Gasteiger charge is -2.16. The maximum absolute atomic E-state index is 12.9. The fourth-order valence-corrected chi connectivity index (χ4v) is 5.24. The molecule has 0 fully saturated rings. The molecule has 1 amide bonds. The molecule has 1 aliphatic rings. The van der Waals surface area contributed by atoms with Crippen LogP contribution in [0.2, 0.25) is 5.02 Å². The summed E-state index contributed by atoms with van der Waals surface area (Å²) >= 11 is 7.99. The summed E-state index contributed by atoms with van der Waals surface area (Å²) in [4.78, 5) is 16.0. The Morgan fingerprint density at radius 3 is 2.63 bits per heavy atom. The average molecular weight is 433 g/mol. The fourth-order valence-electron chi connectivity index (χ4n) is 4.08. The van der Waals surface area contributed by atoms with Gasteiger partial charge < -0.3 is 9.47 Å². The highest BCUT2D eigenvalue weighted by molar-refractivity contribution is 8.00. The van der Waals surface area contributed by atoms with Crippen LogP contribution in [0.3, 0.4) is 0 Å². The van der Waals surface area contributed by atoms with E-state index in [0.29, 0.717) is 12.3 Å². The first-order chi connectivity index (χ1) is 14.7. The molecule has 0 N–H and O–H groups in total. The highest BCUT2D eigenvalue weighted by Crippen LogP contribution is 2.33. The van der Waals surface area contributed by atoms with E-state index in [1.807, 2.05) is 53.4 Å². The van der Waals surface area contributed by atoms with Crippen LogP contribution in [0, 0.1) is 0 Å². The van der Waals surface area contributed by atoms with E-state index >= 15 is 0 Å². The standard InChI is InChI=1S/C25H21ClN2OS/c26-21-10-4-1-8-19(21)15-27-16-24(20-9-3-6-12-23(20)27)30-17-25(29)28-14-13-18-7-2-5-11-22(18)28/h1-12,16H,13-15,17H2. The van der Waals surface area contributed by atoms with Crippen molar-refractivity contribution in [2.45, 2.75) is 17.9 Å². The van der Waals surface area contributed by atoms with E-state index in [0.717, 1.165) is 39.7 Å². The molecule has 0 unspecified atom stereocenters. The van der Waals surface area contributed by atoms with Crippen LogP contribution in [-0.2, 0) is 17.8 Å². The van der Waals surface area contributed by atoms with Crippen molar-refractivity contribution in [2.24, 2.45) is 0 Å². The van der Waals surface area contributed by atoms with E-state index < -0.39 is 0 Å². The van der Waals surface area contributed by atoms with Gasteiger partial charge in [-0.3, -0.25) is 4.79 Å². The van der Waals surface area contributed by atoms with Crippen LogP contribution in [0.25, 0.3) is 10.9 Å². The highest BCUT2D eigenvalue weighted by Gasteiger charge is 2.24. The van der Waals surface area contributed by atoms with Gasteiger partial charge in [0.15, 0.2) is 0 Å². The number of nitrogens with zero attached hydrogens (tertiary/aromatic N) is 2. The lowest BCUT2D eigenvalue weighted by molar-refractivity contribution is -0.116. The first kappa shape index (κ1) is 19.3. The van der Waals surface area contributed by atoms with E-state index in [9.17, 15) is 4.79 Å². The van der Waals surface area contributed by atoms with Gasteiger partial charge in [-0.15, -0.1) is 11.8 Å². The second kappa shape index (κ2) is 8.21. The van der Waals surface area contributed by atoms with Crippen LogP contribution in [0.1, 0.15) is 11.1 Å². The van der Waals surface area contributed by atoms with Gasteiger partial charge in [-0.25, -0.2) is 0 Å². The number of hydrogen-bond acceptors (Lipinski definition) is 2. The maximum atomic E-state index is 12.9. The third-order valence-corrected chi connectivity index (χ3v) is 6.99. The first-order valence-corrected chi connectivity index (χ1v) is 11.4. The average Bonchev–Trinajstić information content (AvgIpc) is 3.36. The summed E-state index contributed by atoms with van der Waals surface area (Å²) in [5.41, 5.74) is 4.55. The van der Waals surface area contributed by atoms with Gasteiger partial charge in [0.1, 0.15) is 0 Å². The number of hydrogen-bond donors (Lipinski definition) is 0.